The van der Waals surface area contributed by atoms with E-state index in [4.69, 9.17) is 0 Å². The van der Waals surface area contributed by atoms with Gasteiger partial charge in [-0.3, -0.25) is 0 Å². The van der Waals surface area contributed by atoms with E-state index in [9.17, 15) is 10.2 Å². The molecular weight excluding hydrogens is 212 g/mol. The van der Waals surface area contributed by atoms with Crippen molar-refractivity contribution in [3.05, 3.63) is 0 Å². The normalized spacial score (nSPS) is 46.9. The molecule has 0 aromatic heterocycles. The zero-order chi connectivity index (χ0) is 12.6. The summed E-state index contributed by atoms with van der Waals surface area (Å²) in [5, 5.41) is 21.0. The molecule has 2 rings (SSSR count). The fourth-order valence-electron chi connectivity index (χ4n) is 4.24. The molecule has 100 valence electrons. The molecule has 0 aromatic rings. The van der Waals surface area contributed by atoms with Crippen LogP contribution in [0.25, 0.3) is 0 Å². The van der Waals surface area contributed by atoms with Gasteiger partial charge in [-0.1, -0.05) is 33.6 Å². The van der Waals surface area contributed by atoms with E-state index in [-0.39, 0.29) is 18.1 Å². The van der Waals surface area contributed by atoms with E-state index in [1.807, 2.05) is 0 Å². The third-order valence-corrected chi connectivity index (χ3v) is 5.36. The lowest BCUT2D eigenvalue weighted by Gasteiger charge is -2.30. The molecule has 2 saturated carbocycles. The molecule has 0 aliphatic heterocycles. The minimum atomic E-state index is -0.276. The van der Waals surface area contributed by atoms with Gasteiger partial charge in [0.15, 0.2) is 0 Å². The van der Waals surface area contributed by atoms with Gasteiger partial charge in [0.1, 0.15) is 0 Å². The lowest BCUT2D eigenvalue weighted by Crippen LogP contribution is -2.37. The maximum absolute atomic E-state index is 10.5. The minimum absolute atomic E-state index is 0.148. The summed E-state index contributed by atoms with van der Waals surface area (Å²) < 4.78 is 0. The average molecular weight is 240 g/mol. The number of aliphatic hydroxyl groups excluding tert-OH is 2. The first-order chi connectivity index (χ1) is 8.06. The van der Waals surface area contributed by atoms with Gasteiger partial charge < -0.3 is 10.2 Å². The van der Waals surface area contributed by atoms with Crippen LogP contribution in [0, 0.1) is 29.6 Å². The Labute approximate surface area is 105 Å². The van der Waals surface area contributed by atoms with E-state index in [1.54, 1.807) is 0 Å². The standard InChI is InChI=1S/C15H28O2/c1-4-10-6-5-7-11-8-12(9(2)3)15(17)13(11)14(10)16/h9-17H,4-8H2,1-3H3/t10-,11?,12+,13?,14?,15?/m0/s1. The molecule has 0 bridgehead atoms. The molecule has 2 nitrogen and oxygen atoms in total. The van der Waals surface area contributed by atoms with Crippen LogP contribution >= 0.6 is 0 Å². The number of rotatable bonds is 2. The predicted octanol–water partition coefficient (Wildman–Crippen LogP) is 2.83. The number of hydrogen-bond donors (Lipinski definition) is 2. The quantitative estimate of drug-likeness (QED) is 0.779. The molecule has 0 radical (unpaired) electrons. The van der Waals surface area contributed by atoms with Crippen molar-refractivity contribution in [3.63, 3.8) is 0 Å². The van der Waals surface area contributed by atoms with Crippen LogP contribution in [0.3, 0.4) is 0 Å². The minimum Gasteiger partial charge on any atom is -0.392 e. The summed E-state index contributed by atoms with van der Waals surface area (Å²) >= 11 is 0. The van der Waals surface area contributed by atoms with Crippen LogP contribution in [0.2, 0.25) is 0 Å². The highest BCUT2D eigenvalue weighted by atomic mass is 16.3. The van der Waals surface area contributed by atoms with Crippen LogP contribution in [-0.2, 0) is 0 Å². The van der Waals surface area contributed by atoms with E-state index in [2.05, 4.69) is 20.8 Å². The van der Waals surface area contributed by atoms with Gasteiger partial charge in [0, 0.05) is 5.92 Å². The monoisotopic (exact) mass is 240 g/mol. The summed E-state index contributed by atoms with van der Waals surface area (Å²) in [7, 11) is 0. The summed E-state index contributed by atoms with van der Waals surface area (Å²) in [4.78, 5) is 0. The molecule has 17 heavy (non-hydrogen) atoms. The highest BCUT2D eigenvalue weighted by Gasteiger charge is 2.48. The number of fused-ring (bicyclic) bond motifs is 1. The van der Waals surface area contributed by atoms with Crippen molar-refractivity contribution >= 4 is 0 Å². The lowest BCUT2D eigenvalue weighted by atomic mass is 9.82. The molecule has 2 heteroatoms. The Bertz CT molecular complexity index is 249. The average Bonchev–Trinajstić information content (AvgIpc) is 2.51. The first-order valence-corrected chi connectivity index (χ1v) is 7.42. The number of hydrogen-bond acceptors (Lipinski definition) is 2. The highest BCUT2D eigenvalue weighted by molar-refractivity contribution is 4.98. The fourth-order valence-corrected chi connectivity index (χ4v) is 4.24. The van der Waals surface area contributed by atoms with Crippen LogP contribution in [0.15, 0.2) is 0 Å². The van der Waals surface area contributed by atoms with Crippen molar-refractivity contribution in [2.45, 2.75) is 65.1 Å². The van der Waals surface area contributed by atoms with E-state index < -0.39 is 0 Å². The Balaban J connectivity index is 2.16. The van der Waals surface area contributed by atoms with E-state index in [0.29, 0.717) is 23.7 Å². The van der Waals surface area contributed by atoms with Gasteiger partial charge in [-0.15, -0.1) is 0 Å². The van der Waals surface area contributed by atoms with Crippen molar-refractivity contribution < 1.29 is 10.2 Å². The van der Waals surface area contributed by atoms with Crippen molar-refractivity contribution in [3.8, 4) is 0 Å². The third-order valence-electron chi connectivity index (χ3n) is 5.36. The predicted molar refractivity (Wildman–Crippen MR) is 69.6 cm³/mol. The van der Waals surface area contributed by atoms with E-state index in [1.165, 1.54) is 12.8 Å². The Hall–Kier alpha value is -0.0800. The van der Waals surface area contributed by atoms with Crippen molar-refractivity contribution in [1.29, 1.82) is 0 Å². The largest absolute Gasteiger partial charge is 0.392 e. The maximum Gasteiger partial charge on any atom is 0.0626 e. The maximum atomic E-state index is 10.5. The van der Waals surface area contributed by atoms with Gasteiger partial charge in [-0.25, -0.2) is 0 Å². The SMILES string of the molecule is CC[C@H]1CCCC2C[C@H](C(C)C)C(O)C2C1O. The second-order valence-corrected chi connectivity index (χ2v) is 6.56. The van der Waals surface area contributed by atoms with Gasteiger partial charge in [-0.2, -0.15) is 0 Å². The molecule has 0 spiro atoms. The van der Waals surface area contributed by atoms with Gasteiger partial charge in [0.2, 0.25) is 0 Å². The van der Waals surface area contributed by atoms with Crippen molar-refractivity contribution in [2.75, 3.05) is 0 Å². The van der Waals surface area contributed by atoms with Crippen LogP contribution < -0.4 is 0 Å². The first kappa shape index (κ1) is 13.4. The van der Waals surface area contributed by atoms with Crippen LogP contribution in [0.4, 0.5) is 0 Å². The van der Waals surface area contributed by atoms with E-state index >= 15 is 0 Å². The van der Waals surface area contributed by atoms with Crippen molar-refractivity contribution in [2.24, 2.45) is 29.6 Å². The van der Waals surface area contributed by atoms with Gasteiger partial charge in [0.05, 0.1) is 12.2 Å². The smallest absolute Gasteiger partial charge is 0.0626 e. The summed E-state index contributed by atoms with van der Waals surface area (Å²) in [5.74, 6) is 2.05. The Kier molecular flexibility index (Phi) is 4.14. The van der Waals surface area contributed by atoms with Gasteiger partial charge in [-0.05, 0) is 42.9 Å². The second kappa shape index (κ2) is 5.27. The molecule has 0 aromatic carbocycles. The van der Waals surface area contributed by atoms with E-state index in [0.717, 1.165) is 19.3 Å². The molecule has 2 aliphatic rings. The zero-order valence-corrected chi connectivity index (χ0v) is 11.5. The van der Waals surface area contributed by atoms with Gasteiger partial charge >= 0.3 is 0 Å². The first-order valence-electron chi connectivity index (χ1n) is 7.42. The molecule has 0 saturated heterocycles. The molecule has 0 amide bonds. The summed E-state index contributed by atoms with van der Waals surface area (Å²) in [6, 6.07) is 0. The Morgan fingerprint density at radius 3 is 2.41 bits per heavy atom. The molecule has 2 N–H and O–H groups in total. The number of aliphatic hydroxyl groups is 2. The third kappa shape index (κ3) is 2.39. The molecule has 6 atom stereocenters. The molecule has 0 heterocycles. The molecule has 4 unspecified atom stereocenters. The zero-order valence-electron chi connectivity index (χ0n) is 11.5. The van der Waals surface area contributed by atoms with Gasteiger partial charge in [0.25, 0.3) is 0 Å². The summed E-state index contributed by atoms with van der Waals surface area (Å²) in [6.45, 7) is 6.56. The highest BCUT2D eigenvalue weighted by Crippen LogP contribution is 2.48. The molecule has 2 aliphatic carbocycles. The van der Waals surface area contributed by atoms with Crippen LogP contribution in [0.1, 0.15) is 52.9 Å². The van der Waals surface area contributed by atoms with Crippen LogP contribution in [-0.4, -0.2) is 22.4 Å². The second-order valence-electron chi connectivity index (χ2n) is 6.56. The van der Waals surface area contributed by atoms with Crippen molar-refractivity contribution in [1.82, 2.24) is 0 Å². The topological polar surface area (TPSA) is 40.5 Å². The lowest BCUT2D eigenvalue weighted by molar-refractivity contribution is -0.0300. The van der Waals surface area contributed by atoms with Crippen LogP contribution in [0.5, 0.6) is 0 Å². The Morgan fingerprint density at radius 1 is 1.12 bits per heavy atom. The fraction of sp³-hybridized carbons (Fsp3) is 1.00. The molecule has 2 fully saturated rings. The summed E-state index contributed by atoms with van der Waals surface area (Å²) in [5.41, 5.74) is 0. The Morgan fingerprint density at radius 2 is 1.82 bits per heavy atom. The summed E-state index contributed by atoms with van der Waals surface area (Å²) in [6.07, 6.45) is 5.20. The molecular formula is C15H28O2.